The Bertz CT molecular complexity index is 802. The molecular formula is C18H25N5O4. The molecule has 0 bridgehead atoms. The van der Waals surface area contributed by atoms with Crippen molar-refractivity contribution >= 4 is 11.6 Å². The monoisotopic (exact) mass is 375 g/mol. The smallest absolute Gasteiger partial charge is 0.268 e. The highest BCUT2D eigenvalue weighted by molar-refractivity contribution is 6.14. The normalized spacial score (nSPS) is 16.0. The molecule has 9 nitrogen and oxygen atoms in total. The lowest BCUT2D eigenvalue weighted by molar-refractivity contribution is -0.120. The Morgan fingerprint density at radius 1 is 1.37 bits per heavy atom. The van der Waals surface area contributed by atoms with E-state index in [9.17, 15) is 15.0 Å². The van der Waals surface area contributed by atoms with E-state index in [2.05, 4.69) is 15.7 Å². The summed E-state index contributed by atoms with van der Waals surface area (Å²) in [7, 11) is 3.38. The predicted molar refractivity (Wildman–Crippen MR) is 99.8 cm³/mol. The summed E-state index contributed by atoms with van der Waals surface area (Å²) in [6.07, 6.45) is 6.46. The van der Waals surface area contributed by atoms with Gasteiger partial charge in [-0.15, -0.1) is 0 Å². The second-order valence-corrected chi connectivity index (χ2v) is 6.40. The molecule has 27 heavy (non-hydrogen) atoms. The van der Waals surface area contributed by atoms with Gasteiger partial charge in [-0.2, -0.15) is 5.10 Å². The van der Waals surface area contributed by atoms with Crippen LogP contribution in [0.2, 0.25) is 0 Å². The van der Waals surface area contributed by atoms with Crippen molar-refractivity contribution in [3.05, 3.63) is 53.2 Å². The number of amides is 1. The molecule has 0 saturated heterocycles. The van der Waals surface area contributed by atoms with E-state index in [4.69, 9.17) is 10.1 Å². The van der Waals surface area contributed by atoms with E-state index in [1.807, 2.05) is 13.1 Å². The van der Waals surface area contributed by atoms with Crippen molar-refractivity contribution in [3.8, 4) is 0 Å². The van der Waals surface area contributed by atoms with Crippen molar-refractivity contribution in [2.45, 2.75) is 19.1 Å². The minimum Gasteiger partial charge on any atom is -0.487 e. The third kappa shape index (κ3) is 4.83. The summed E-state index contributed by atoms with van der Waals surface area (Å²) in [5, 5.41) is 36.3. The van der Waals surface area contributed by atoms with Gasteiger partial charge in [-0.3, -0.25) is 9.48 Å². The molecule has 0 atom stereocenters. The number of carbonyl (C=O) groups excluding carboxylic acids is 1. The van der Waals surface area contributed by atoms with Gasteiger partial charge in [0.2, 0.25) is 0 Å². The molecule has 0 radical (unpaired) electrons. The number of aryl methyl sites for hydroxylation is 1. The number of rotatable bonds is 8. The number of aliphatic hydroxyl groups excluding tert-OH is 2. The third-order valence-electron chi connectivity index (χ3n) is 4.16. The Kier molecular flexibility index (Phi) is 6.54. The van der Waals surface area contributed by atoms with Crippen molar-refractivity contribution in [2.24, 2.45) is 7.05 Å². The molecule has 1 aliphatic rings. The van der Waals surface area contributed by atoms with Crippen LogP contribution in [0.15, 0.2) is 47.5 Å². The van der Waals surface area contributed by atoms with Gasteiger partial charge < -0.3 is 31.0 Å². The van der Waals surface area contributed by atoms with E-state index < -0.39 is 24.7 Å². The molecule has 0 aliphatic heterocycles. The van der Waals surface area contributed by atoms with Crippen LogP contribution in [0.1, 0.15) is 12.6 Å². The van der Waals surface area contributed by atoms with E-state index in [0.717, 1.165) is 5.69 Å². The van der Waals surface area contributed by atoms with Gasteiger partial charge in [0.1, 0.15) is 18.1 Å². The molecule has 9 heteroatoms. The predicted octanol–water partition coefficient (Wildman–Crippen LogP) is -0.257. The van der Waals surface area contributed by atoms with Crippen LogP contribution in [-0.4, -0.2) is 57.4 Å². The second kappa shape index (κ2) is 8.65. The van der Waals surface area contributed by atoms with Crippen LogP contribution in [0.3, 0.4) is 0 Å². The lowest BCUT2D eigenvalue weighted by atomic mass is 10.00. The molecule has 146 valence electrons. The summed E-state index contributed by atoms with van der Waals surface area (Å²) in [4.78, 5) is 12.6. The average Bonchev–Trinajstić information content (AvgIpc) is 3.07. The molecule has 1 heterocycles. The highest BCUT2D eigenvalue weighted by Crippen LogP contribution is 2.19. The minimum absolute atomic E-state index is 0.136. The van der Waals surface area contributed by atoms with Gasteiger partial charge in [0, 0.05) is 25.9 Å². The van der Waals surface area contributed by atoms with E-state index in [-0.39, 0.29) is 11.4 Å². The molecule has 0 saturated carbocycles. The first kappa shape index (κ1) is 20.4. The van der Waals surface area contributed by atoms with Crippen LogP contribution >= 0.6 is 0 Å². The fourth-order valence-corrected chi connectivity index (χ4v) is 2.36. The van der Waals surface area contributed by atoms with Crippen LogP contribution in [-0.2, 0) is 23.2 Å². The number of ether oxygens (including phenoxy) is 1. The van der Waals surface area contributed by atoms with Crippen molar-refractivity contribution in [3.63, 3.8) is 0 Å². The topological polar surface area (TPSA) is 132 Å². The molecule has 0 spiro atoms. The molecule has 1 amide bonds. The molecule has 1 aromatic rings. The van der Waals surface area contributed by atoms with Gasteiger partial charge in [0.05, 0.1) is 30.2 Å². The summed E-state index contributed by atoms with van der Waals surface area (Å²) in [6, 6.07) is 1.84. The zero-order valence-electron chi connectivity index (χ0n) is 15.6. The highest BCUT2D eigenvalue weighted by atomic mass is 16.5. The zero-order valence-corrected chi connectivity index (χ0v) is 15.6. The van der Waals surface area contributed by atoms with Gasteiger partial charge in [-0.25, -0.2) is 0 Å². The van der Waals surface area contributed by atoms with Crippen LogP contribution < -0.4 is 10.6 Å². The third-order valence-corrected chi connectivity index (χ3v) is 4.16. The Morgan fingerprint density at radius 3 is 2.63 bits per heavy atom. The zero-order chi connectivity index (χ0) is 20.0. The Hall–Kier alpha value is -2.91. The van der Waals surface area contributed by atoms with E-state index in [1.165, 1.54) is 13.0 Å². The average molecular weight is 375 g/mol. The van der Waals surface area contributed by atoms with E-state index >= 15 is 0 Å². The number of hydrogen-bond acceptors (Lipinski definition) is 7. The first-order valence-electron chi connectivity index (χ1n) is 8.38. The van der Waals surface area contributed by atoms with Gasteiger partial charge in [-0.1, -0.05) is 0 Å². The fourth-order valence-electron chi connectivity index (χ4n) is 2.36. The van der Waals surface area contributed by atoms with E-state index in [0.29, 0.717) is 17.9 Å². The number of likely N-dealkylation sites (N-methyl/N-ethyl adjacent to an activating group) is 1. The lowest BCUT2D eigenvalue weighted by Crippen LogP contribution is -2.53. The molecule has 0 aromatic carbocycles. The Morgan fingerprint density at radius 2 is 2.07 bits per heavy atom. The molecular weight excluding hydrogens is 350 g/mol. The van der Waals surface area contributed by atoms with E-state index in [1.54, 1.807) is 30.1 Å². The summed E-state index contributed by atoms with van der Waals surface area (Å²) in [5.74, 6) is -0.0461. The number of nitrogens with one attached hydrogen (secondary N) is 3. The number of aromatic nitrogens is 2. The van der Waals surface area contributed by atoms with Crippen LogP contribution in [0.5, 0.6) is 0 Å². The summed E-state index contributed by atoms with van der Waals surface area (Å²) >= 11 is 0. The molecule has 5 N–H and O–H groups in total. The summed E-state index contributed by atoms with van der Waals surface area (Å²) < 4.78 is 7.44. The number of nitrogens with zero attached hydrogens (tertiary/aromatic N) is 2. The highest BCUT2D eigenvalue weighted by Gasteiger charge is 2.27. The molecule has 1 aromatic heterocycles. The van der Waals surface area contributed by atoms with Crippen molar-refractivity contribution in [1.82, 2.24) is 20.4 Å². The van der Waals surface area contributed by atoms with Crippen molar-refractivity contribution in [1.29, 1.82) is 5.41 Å². The first-order chi connectivity index (χ1) is 12.8. The number of hydrogen-bond donors (Lipinski definition) is 5. The van der Waals surface area contributed by atoms with Crippen LogP contribution in [0.4, 0.5) is 0 Å². The minimum atomic E-state index is -1.17. The standard InChI is InChI=1S/C18H25N5O4/c1-18(10-24,11-25)22-17(26)16(20-2)14-8-13(4-5-15(14)19)27-9-12-6-7-21-23(12)3/h4-8,19-20,24-25H,9-11H2,1-3H3,(H,22,26)/b16-14-,19-15?. The largest absolute Gasteiger partial charge is 0.487 e. The van der Waals surface area contributed by atoms with Gasteiger partial charge in [0.25, 0.3) is 5.91 Å². The van der Waals surface area contributed by atoms with Crippen LogP contribution in [0.25, 0.3) is 0 Å². The van der Waals surface area contributed by atoms with Crippen molar-refractivity contribution in [2.75, 3.05) is 20.3 Å². The summed E-state index contributed by atoms with van der Waals surface area (Å²) in [6.45, 7) is 0.969. The maximum atomic E-state index is 12.6. The first-order valence-corrected chi connectivity index (χ1v) is 8.38. The van der Waals surface area contributed by atoms with Crippen molar-refractivity contribution < 1.29 is 19.7 Å². The second-order valence-electron chi connectivity index (χ2n) is 6.40. The van der Waals surface area contributed by atoms with Gasteiger partial charge in [0.15, 0.2) is 0 Å². The Balaban J connectivity index is 2.24. The molecule has 0 fully saturated rings. The quantitative estimate of drug-likeness (QED) is 0.398. The van der Waals surface area contributed by atoms with Crippen LogP contribution in [0, 0.1) is 5.41 Å². The lowest BCUT2D eigenvalue weighted by Gasteiger charge is -2.27. The SMILES string of the molecule is CN/C(C(=O)NC(C)(CO)CO)=C1/C=C(OCc2ccnn2C)C=CC1=N. The maximum absolute atomic E-state index is 12.6. The molecule has 1 aliphatic carbocycles. The fraction of sp³-hybridized carbons (Fsp3) is 0.389. The molecule has 2 rings (SSSR count). The number of carbonyl (C=O) groups is 1. The number of allylic oxidation sites excluding steroid dienone is 4. The Labute approximate surface area is 157 Å². The number of aliphatic hydroxyl groups is 2. The maximum Gasteiger partial charge on any atom is 0.268 e. The van der Waals surface area contributed by atoms with Gasteiger partial charge >= 0.3 is 0 Å². The van der Waals surface area contributed by atoms with Gasteiger partial charge in [-0.05, 0) is 31.2 Å². The molecule has 0 unspecified atom stereocenters. The summed E-state index contributed by atoms with van der Waals surface area (Å²) in [5.41, 5.74) is 0.324.